The molecule has 2 amide bonds. The maximum absolute atomic E-state index is 11.8. The molecule has 0 saturated carbocycles. The van der Waals surface area contributed by atoms with E-state index in [9.17, 15) is 9.59 Å². The van der Waals surface area contributed by atoms with Crippen LogP contribution in [0.25, 0.3) is 17.0 Å². The second kappa shape index (κ2) is 6.26. The molecule has 1 aliphatic rings. The van der Waals surface area contributed by atoms with Gasteiger partial charge in [0, 0.05) is 29.2 Å². The van der Waals surface area contributed by atoms with Crippen LogP contribution in [0.15, 0.2) is 59.6 Å². The van der Waals surface area contributed by atoms with Gasteiger partial charge < -0.3 is 4.57 Å². The molecule has 2 aromatic carbocycles. The zero-order chi connectivity index (χ0) is 17.4. The van der Waals surface area contributed by atoms with Crippen molar-refractivity contribution in [3.8, 4) is 0 Å². The van der Waals surface area contributed by atoms with Crippen molar-refractivity contribution < 1.29 is 9.59 Å². The first-order chi connectivity index (χ1) is 12.1. The van der Waals surface area contributed by atoms with Crippen molar-refractivity contribution in [1.29, 1.82) is 0 Å². The van der Waals surface area contributed by atoms with Crippen molar-refractivity contribution in [3.05, 3.63) is 76.3 Å². The maximum atomic E-state index is 11.8. The summed E-state index contributed by atoms with van der Waals surface area (Å²) in [6, 6.07) is 16.5. The van der Waals surface area contributed by atoms with E-state index in [1.807, 2.05) is 24.4 Å². The van der Waals surface area contributed by atoms with Gasteiger partial charge in [-0.15, -0.1) is 0 Å². The Morgan fingerprint density at radius 3 is 2.72 bits per heavy atom. The van der Waals surface area contributed by atoms with Gasteiger partial charge in [-0.25, -0.2) is 0 Å². The first-order valence-electron chi connectivity index (χ1n) is 7.98. The minimum absolute atomic E-state index is 0.320. The number of para-hydroxylation sites is 1. The second-order valence-corrected chi connectivity index (χ2v) is 7.09. The predicted octanol–water partition coefficient (Wildman–Crippen LogP) is 4.32. The molecule has 4 rings (SSSR count). The summed E-state index contributed by atoms with van der Waals surface area (Å²) in [5, 5.41) is 3.04. The first-order valence-corrected chi connectivity index (χ1v) is 8.80. The van der Waals surface area contributed by atoms with Gasteiger partial charge in [0.1, 0.15) is 0 Å². The smallest absolute Gasteiger partial charge is 0.290 e. The molecule has 0 bridgehead atoms. The lowest BCUT2D eigenvalue weighted by molar-refractivity contribution is -0.115. The molecule has 0 unspecified atom stereocenters. The van der Waals surface area contributed by atoms with Gasteiger partial charge in [0.15, 0.2) is 0 Å². The lowest BCUT2D eigenvalue weighted by Crippen LogP contribution is -2.17. The van der Waals surface area contributed by atoms with Gasteiger partial charge in [0.05, 0.1) is 4.91 Å². The molecule has 2 heterocycles. The second-order valence-electron chi connectivity index (χ2n) is 6.07. The van der Waals surface area contributed by atoms with Crippen LogP contribution in [0.1, 0.15) is 16.7 Å². The number of hydrogen-bond acceptors (Lipinski definition) is 3. The first kappa shape index (κ1) is 15.7. The van der Waals surface area contributed by atoms with E-state index in [1.54, 1.807) is 6.08 Å². The van der Waals surface area contributed by atoms with Crippen LogP contribution in [0.4, 0.5) is 4.79 Å². The summed E-state index contributed by atoms with van der Waals surface area (Å²) < 4.78 is 2.18. The number of carbonyl (C=O) groups excluding carboxylic acids is 2. The normalized spacial score (nSPS) is 16.0. The third kappa shape index (κ3) is 3.10. The Morgan fingerprint density at radius 1 is 1.12 bits per heavy atom. The number of imide groups is 1. The highest BCUT2D eigenvalue weighted by molar-refractivity contribution is 8.18. The minimum Gasteiger partial charge on any atom is -0.342 e. The number of nitrogens with zero attached hydrogens (tertiary/aromatic N) is 1. The summed E-state index contributed by atoms with van der Waals surface area (Å²) in [6.07, 6.45) is 3.83. The molecule has 0 spiro atoms. The van der Waals surface area contributed by atoms with Crippen LogP contribution in [-0.2, 0) is 11.3 Å². The van der Waals surface area contributed by atoms with Crippen molar-refractivity contribution in [2.45, 2.75) is 13.5 Å². The van der Waals surface area contributed by atoms with E-state index in [-0.39, 0.29) is 11.1 Å². The highest BCUT2D eigenvalue weighted by Gasteiger charge is 2.25. The number of fused-ring (bicyclic) bond motifs is 1. The Labute approximate surface area is 149 Å². The number of amides is 2. The number of aromatic nitrogens is 1. The van der Waals surface area contributed by atoms with Crippen molar-refractivity contribution in [1.82, 2.24) is 9.88 Å². The number of rotatable bonds is 3. The molecule has 124 valence electrons. The molecule has 1 N–H and O–H groups in total. The lowest BCUT2D eigenvalue weighted by Gasteiger charge is -2.06. The van der Waals surface area contributed by atoms with Gasteiger partial charge in [0.25, 0.3) is 11.1 Å². The molecule has 0 atom stereocenters. The number of benzene rings is 2. The molecule has 1 saturated heterocycles. The molecule has 4 nitrogen and oxygen atoms in total. The predicted molar refractivity (Wildman–Crippen MR) is 101 cm³/mol. The fourth-order valence-corrected chi connectivity index (χ4v) is 3.76. The van der Waals surface area contributed by atoms with Crippen LogP contribution >= 0.6 is 11.8 Å². The number of hydrogen-bond donors (Lipinski definition) is 1. The van der Waals surface area contributed by atoms with Crippen LogP contribution in [0.5, 0.6) is 0 Å². The molecule has 5 heteroatoms. The fourth-order valence-electron chi connectivity index (χ4n) is 3.09. The Kier molecular flexibility index (Phi) is 3.93. The standard InChI is InChI=1S/C20H16N2O2S/c1-13-5-4-6-14(9-13)11-22-12-15(16-7-2-3-8-17(16)22)10-18-19(23)21-20(24)25-18/h2-10,12H,11H2,1H3,(H,21,23,24)/b18-10-. The van der Waals surface area contributed by atoms with Gasteiger partial charge in [-0.2, -0.15) is 0 Å². The lowest BCUT2D eigenvalue weighted by atomic mass is 10.1. The molecule has 1 fully saturated rings. The molecular formula is C20H16N2O2S. The topological polar surface area (TPSA) is 51.1 Å². The van der Waals surface area contributed by atoms with Crippen molar-refractivity contribution >= 4 is 39.9 Å². The van der Waals surface area contributed by atoms with Gasteiger partial charge in [-0.05, 0) is 36.4 Å². The average Bonchev–Trinajstić information content (AvgIpc) is 3.08. The van der Waals surface area contributed by atoms with Crippen molar-refractivity contribution in [2.24, 2.45) is 0 Å². The SMILES string of the molecule is Cc1cccc(Cn2cc(/C=C3\SC(=O)NC3=O)c3ccccc32)c1. The summed E-state index contributed by atoms with van der Waals surface area (Å²) in [4.78, 5) is 23.6. The third-order valence-electron chi connectivity index (χ3n) is 4.18. The zero-order valence-electron chi connectivity index (χ0n) is 13.7. The highest BCUT2D eigenvalue weighted by atomic mass is 32.2. The van der Waals surface area contributed by atoms with Crippen LogP contribution < -0.4 is 5.32 Å². The Balaban J connectivity index is 1.78. The van der Waals surface area contributed by atoms with Gasteiger partial charge in [-0.1, -0.05) is 48.0 Å². The maximum Gasteiger partial charge on any atom is 0.290 e. The summed E-state index contributed by atoms with van der Waals surface area (Å²) >= 11 is 0.945. The summed E-state index contributed by atoms with van der Waals surface area (Å²) in [7, 11) is 0. The van der Waals surface area contributed by atoms with E-state index in [4.69, 9.17) is 0 Å². The van der Waals surface area contributed by atoms with E-state index in [0.29, 0.717) is 4.91 Å². The fraction of sp³-hybridized carbons (Fsp3) is 0.100. The number of carbonyl (C=O) groups is 2. The Morgan fingerprint density at radius 2 is 1.96 bits per heavy atom. The van der Waals surface area contributed by atoms with E-state index in [2.05, 4.69) is 47.1 Å². The van der Waals surface area contributed by atoms with Crippen LogP contribution in [0.2, 0.25) is 0 Å². The molecular weight excluding hydrogens is 332 g/mol. The number of thioether (sulfide) groups is 1. The minimum atomic E-state index is -0.328. The number of nitrogens with one attached hydrogen (secondary N) is 1. The van der Waals surface area contributed by atoms with E-state index >= 15 is 0 Å². The van der Waals surface area contributed by atoms with Gasteiger partial charge in [-0.3, -0.25) is 14.9 Å². The monoisotopic (exact) mass is 348 g/mol. The highest BCUT2D eigenvalue weighted by Crippen LogP contribution is 2.30. The molecule has 1 aromatic heterocycles. The zero-order valence-corrected chi connectivity index (χ0v) is 14.5. The third-order valence-corrected chi connectivity index (χ3v) is 4.99. The summed E-state index contributed by atoms with van der Waals surface area (Å²) in [6.45, 7) is 2.84. The number of aryl methyl sites for hydroxylation is 1. The molecule has 0 radical (unpaired) electrons. The summed E-state index contributed by atoms with van der Waals surface area (Å²) in [5.74, 6) is -0.328. The van der Waals surface area contributed by atoms with E-state index in [1.165, 1.54) is 11.1 Å². The summed E-state index contributed by atoms with van der Waals surface area (Å²) in [5.41, 5.74) is 4.50. The largest absolute Gasteiger partial charge is 0.342 e. The van der Waals surface area contributed by atoms with Crippen LogP contribution in [-0.4, -0.2) is 15.7 Å². The van der Waals surface area contributed by atoms with Crippen LogP contribution in [0, 0.1) is 6.92 Å². The Hall–Kier alpha value is -2.79. The molecule has 25 heavy (non-hydrogen) atoms. The Bertz CT molecular complexity index is 1030. The van der Waals surface area contributed by atoms with Gasteiger partial charge in [0.2, 0.25) is 0 Å². The van der Waals surface area contributed by atoms with Crippen molar-refractivity contribution in [3.63, 3.8) is 0 Å². The quantitative estimate of drug-likeness (QED) is 0.717. The van der Waals surface area contributed by atoms with E-state index in [0.717, 1.165) is 34.8 Å². The molecule has 0 aliphatic carbocycles. The van der Waals surface area contributed by atoms with E-state index < -0.39 is 0 Å². The molecule has 3 aromatic rings. The average molecular weight is 348 g/mol. The van der Waals surface area contributed by atoms with Gasteiger partial charge >= 0.3 is 0 Å². The van der Waals surface area contributed by atoms with Crippen molar-refractivity contribution in [2.75, 3.05) is 0 Å². The van der Waals surface area contributed by atoms with Crippen LogP contribution in [0.3, 0.4) is 0 Å². The molecule has 1 aliphatic heterocycles.